The summed E-state index contributed by atoms with van der Waals surface area (Å²) in [4.78, 5) is 7.46. The molecule has 1 aromatic rings. The highest BCUT2D eigenvalue weighted by atomic mass is 16.5. The average Bonchev–Trinajstić information content (AvgIpc) is 3.28. The van der Waals surface area contributed by atoms with Crippen molar-refractivity contribution >= 4 is 5.82 Å². The van der Waals surface area contributed by atoms with Crippen molar-refractivity contribution in [1.82, 2.24) is 10.3 Å². The highest BCUT2D eigenvalue weighted by Crippen LogP contribution is 2.37. The minimum atomic E-state index is 0.487. The zero-order valence-electron chi connectivity index (χ0n) is 14.2. The third kappa shape index (κ3) is 3.04. The Hall–Kier alpha value is -1.33. The molecule has 3 aliphatic rings. The molecule has 1 aromatic heterocycles. The van der Waals surface area contributed by atoms with Gasteiger partial charge in [0.1, 0.15) is 17.3 Å². The first-order chi connectivity index (χ1) is 11.3. The fourth-order valence-corrected chi connectivity index (χ4v) is 3.75. The molecule has 3 heterocycles. The number of ether oxygens (including phenoxy) is 2. The fraction of sp³-hybridized carbons (Fsp3) is 0.722. The van der Waals surface area contributed by atoms with Gasteiger partial charge in [-0.15, -0.1) is 0 Å². The lowest BCUT2D eigenvalue weighted by molar-refractivity contribution is 0.106. The summed E-state index contributed by atoms with van der Waals surface area (Å²) in [6.45, 7) is 8.45. The monoisotopic (exact) mass is 317 g/mol. The number of rotatable bonds is 6. The second kappa shape index (κ2) is 6.29. The van der Waals surface area contributed by atoms with Crippen molar-refractivity contribution in [3.05, 3.63) is 17.3 Å². The molecular formula is C18H27N3O2. The van der Waals surface area contributed by atoms with E-state index in [9.17, 15) is 0 Å². The van der Waals surface area contributed by atoms with Gasteiger partial charge in [-0.2, -0.15) is 0 Å². The molecule has 2 aliphatic heterocycles. The Morgan fingerprint density at radius 3 is 3.00 bits per heavy atom. The van der Waals surface area contributed by atoms with Gasteiger partial charge in [0.2, 0.25) is 0 Å². The summed E-state index contributed by atoms with van der Waals surface area (Å²) >= 11 is 0. The Bertz CT molecular complexity index is 574. The molecule has 0 spiro atoms. The molecule has 1 saturated carbocycles. The Kier molecular flexibility index (Phi) is 4.16. The minimum absolute atomic E-state index is 0.487. The van der Waals surface area contributed by atoms with E-state index >= 15 is 0 Å². The molecular weight excluding hydrogens is 290 g/mol. The van der Waals surface area contributed by atoms with E-state index < -0.39 is 0 Å². The van der Waals surface area contributed by atoms with Crippen LogP contribution in [0.1, 0.15) is 37.9 Å². The lowest BCUT2D eigenvalue weighted by Crippen LogP contribution is -2.55. The molecule has 5 heteroatoms. The highest BCUT2D eigenvalue weighted by molar-refractivity contribution is 5.58. The number of pyridine rings is 1. The summed E-state index contributed by atoms with van der Waals surface area (Å²) < 4.78 is 11.7. The number of hydrogen-bond acceptors (Lipinski definition) is 5. The van der Waals surface area contributed by atoms with Gasteiger partial charge in [0.15, 0.2) is 0 Å². The van der Waals surface area contributed by atoms with Crippen molar-refractivity contribution < 1.29 is 9.47 Å². The minimum Gasteiger partial charge on any atom is -0.492 e. The zero-order chi connectivity index (χ0) is 15.8. The van der Waals surface area contributed by atoms with Crippen molar-refractivity contribution in [2.75, 3.05) is 31.2 Å². The third-order valence-electron chi connectivity index (χ3n) is 5.09. The van der Waals surface area contributed by atoms with Gasteiger partial charge in [-0.05, 0) is 45.1 Å². The van der Waals surface area contributed by atoms with E-state index in [0.29, 0.717) is 25.3 Å². The Morgan fingerprint density at radius 2 is 2.22 bits per heavy atom. The van der Waals surface area contributed by atoms with Gasteiger partial charge in [-0.25, -0.2) is 4.98 Å². The van der Waals surface area contributed by atoms with E-state index in [0.717, 1.165) is 49.3 Å². The topological polar surface area (TPSA) is 46.6 Å². The van der Waals surface area contributed by atoms with Gasteiger partial charge >= 0.3 is 0 Å². The van der Waals surface area contributed by atoms with Crippen molar-refractivity contribution in [2.24, 2.45) is 5.92 Å². The van der Waals surface area contributed by atoms with Gasteiger partial charge in [0.25, 0.3) is 0 Å². The van der Waals surface area contributed by atoms with E-state index in [1.165, 1.54) is 18.4 Å². The van der Waals surface area contributed by atoms with Gasteiger partial charge in [0.05, 0.1) is 13.2 Å². The maximum absolute atomic E-state index is 5.88. The van der Waals surface area contributed by atoms with Crippen molar-refractivity contribution in [3.8, 4) is 5.75 Å². The molecule has 1 N–H and O–H groups in total. The average molecular weight is 317 g/mol. The highest BCUT2D eigenvalue weighted by Gasteiger charge is 2.37. The summed E-state index contributed by atoms with van der Waals surface area (Å²) in [5.74, 6) is 2.83. The predicted octanol–water partition coefficient (Wildman–Crippen LogP) is 2.13. The first kappa shape index (κ1) is 15.2. The third-order valence-corrected chi connectivity index (χ3v) is 5.09. The second-order valence-corrected chi connectivity index (χ2v) is 7.08. The van der Waals surface area contributed by atoms with E-state index in [1.807, 2.05) is 6.92 Å². The number of anilines is 1. The number of piperazine rings is 1. The molecule has 4 rings (SSSR count). The van der Waals surface area contributed by atoms with E-state index in [-0.39, 0.29) is 0 Å². The van der Waals surface area contributed by atoms with Crippen LogP contribution in [-0.2, 0) is 17.8 Å². The van der Waals surface area contributed by atoms with Gasteiger partial charge in [0, 0.05) is 37.3 Å². The van der Waals surface area contributed by atoms with Crippen LogP contribution in [0.4, 0.5) is 5.82 Å². The van der Waals surface area contributed by atoms with Crippen LogP contribution in [0.5, 0.6) is 5.75 Å². The van der Waals surface area contributed by atoms with Gasteiger partial charge in [-0.1, -0.05) is 0 Å². The van der Waals surface area contributed by atoms with Crippen LogP contribution in [-0.4, -0.2) is 43.4 Å². The second-order valence-electron chi connectivity index (χ2n) is 7.08. The van der Waals surface area contributed by atoms with E-state index in [1.54, 1.807) is 0 Å². The largest absolute Gasteiger partial charge is 0.492 e. The standard InChI is InChI=1S/C18H27N3O2/c1-3-23-17-7-14-6-15-9-19-8-12(2)21(15)18(14)20-16(17)11-22-10-13-4-5-13/h7,12-13,15,19H,3-6,8-11H2,1-2H3/t12-,15-/m1/s1. The smallest absolute Gasteiger partial charge is 0.143 e. The first-order valence-electron chi connectivity index (χ1n) is 8.98. The zero-order valence-corrected chi connectivity index (χ0v) is 14.2. The van der Waals surface area contributed by atoms with E-state index in [4.69, 9.17) is 14.5 Å². The Morgan fingerprint density at radius 1 is 1.35 bits per heavy atom. The normalized spacial score (nSPS) is 26.1. The van der Waals surface area contributed by atoms with Crippen molar-refractivity contribution in [1.29, 1.82) is 0 Å². The number of hydrogen-bond donors (Lipinski definition) is 1. The summed E-state index contributed by atoms with van der Waals surface area (Å²) in [6, 6.07) is 3.21. The molecule has 0 radical (unpaired) electrons. The summed E-state index contributed by atoms with van der Waals surface area (Å²) in [6.07, 6.45) is 3.69. The molecule has 0 bridgehead atoms. The van der Waals surface area contributed by atoms with Gasteiger partial charge in [-0.3, -0.25) is 0 Å². The summed E-state index contributed by atoms with van der Waals surface area (Å²) in [7, 11) is 0. The SMILES string of the molecule is CCOc1cc2c(nc1COCC1CC1)N1[C@@H](CNC[C@H]1C)C2. The first-order valence-corrected chi connectivity index (χ1v) is 8.98. The molecule has 1 aliphatic carbocycles. The number of nitrogens with zero attached hydrogens (tertiary/aromatic N) is 2. The Labute approximate surface area is 138 Å². The lowest BCUT2D eigenvalue weighted by Gasteiger charge is -2.37. The van der Waals surface area contributed by atoms with Crippen LogP contribution in [0, 0.1) is 5.92 Å². The molecule has 126 valence electrons. The maximum Gasteiger partial charge on any atom is 0.143 e. The molecule has 2 fully saturated rings. The Balaban J connectivity index is 1.58. The van der Waals surface area contributed by atoms with Crippen LogP contribution in [0.3, 0.4) is 0 Å². The molecule has 23 heavy (non-hydrogen) atoms. The molecule has 5 nitrogen and oxygen atoms in total. The number of fused-ring (bicyclic) bond motifs is 3. The maximum atomic E-state index is 5.88. The van der Waals surface area contributed by atoms with Crippen LogP contribution in [0.2, 0.25) is 0 Å². The van der Waals surface area contributed by atoms with Crippen molar-refractivity contribution in [2.45, 2.75) is 51.8 Å². The van der Waals surface area contributed by atoms with Crippen molar-refractivity contribution in [3.63, 3.8) is 0 Å². The van der Waals surface area contributed by atoms with Crippen LogP contribution in [0.15, 0.2) is 6.07 Å². The molecule has 0 unspecified atom stereocenters. The molecule has 0 aromatic carbocycles. The fourth-order valence-electron chi connectivity index (χ4n) is 3.75. The lowest BCUT2D eigenvalue weighted by atomic mass is 10.1. The van der Waals surface area contributed by atoms with Gasteiger partial charge < -0.3 is 19.7 Å². The number of nitrogens with one attached hydrogen (secondary N) is 1. The molecule has 1 saturated heterocycles. The van der Waals surface area contributed by atoms with Crippen LogP contribution in [0.25, 0.3) is 0 Å². The molecule has 2 atom stereocenters. The summed E-state index contributed by atoms with van der Waals surface area (Å²) in [5, 5.41) is 3.52. The van der Waals surface area contributed by atoms with E-state index in [2.05, 4.69) is 23.2 Å². The van der Waals surface area contributed by atoms with Crippen LogP contribution >= 0.6 is 0 Å². The summed E-state index contributed by atoms with van der Waals surface area (Å²) in [5.41, 5.74) is 2.28. The van der Waals surface area contributed by atoms with Crippen LogP contribution < -0.4 is 15.0 Å². The molecule has 0 amide bonds. The predicted molar refractivity (Wildman–Crippen MR) is 90.1 cm³/mol. The number of aromatic nitrogens is 1. The quantitative estimate of drug-likeness (QED) is 0.871.